The minimum Gasteiger partial charge on any atom is -0.354 e. The normalized spacial score (nSPS) is 15.2. The minimum absolute atomic E-state index is 0.0300. The number of fused-ring (bicyclic) bond motifs is 28. The molecule has 0 saturated heterocycles. The van der Waals surface area contributed by atoms with Crippen molar-refractivity contribution >= 4 is 131 Å². The number of aromatic amines is 2. The van der Waals surface area contributed by atoms with E-state index in [0.29, 0.717) is 0 Å². The van der Waals surface area contributed by atoms with Gasteiger partial charge in [0.1, 0.15) is 0 Å². The first-order valence-electron chi connectivity index (χ1n) is 25.0. The van der Waals surface area contributed by atoms with Gasteiger partial charge in [0.25, 0.3) is 0 Å². The highest BCUT2D eigenvalue weighted by atomic mass is 14.8. The number of aromatic nitrogens is 4. The Bertz CT molecular complexity index is 4820. The van der Waals surface area contributed by atoms with Crippen LogP contribution in [0.2, 0.25) is 0 Å². The molecular formula is C68H40N4. The molecule has 1 aliphatic carbocycles. The van der Waals surface area contributed by atoms with Gasteiger partial charge < -0.3 is 9.97 Å². The van der Waals surface area contributed by atoms with E-state index in [1.165, 1.54) is 85.8 Å². The van der Waals surface area contributed by atoms with Gasteiger partial charge in [0.05, 0.1) is 22.8 Å². The fourth-order valence-corrected chi connectivity index (χ4v) is 12.6. The Kier molecular flexibility index (Phi) is 7.55. The predicted molar refractivity (Wildman–Crippen MR) is 303 cm³/mol. The van der Waals surface area contributed by atoms with Crippen LogP contribution in [0.3, 0.4) is 0 Å². The van der Waals surface area contributed by atoms with Crippen molar-refractivity contribution in [2.45, 2.75) is 11.8 Å². The monoisotopic (exact) mass is 912 g/mol. The molecule has 5 heterocycles. The van der Waals surface area contributed by atoms with Crippen molar-refractivity contribution in [2.75, 3.05) is 0 Å². The predicted octanol–water partition coefficient (Wildman–Crippen LogP) is 16.2. The largest absolute Gasteiger partial charge is 0.354 e. The van der Waals surface area contributed by atoms with Crippen molar-refractivity contribution in [3.05, 3.63) is 228 Å². The molecule has 0 amide bonds. The summed E-state index contributed by atoms with van der Waals surface area (Å²) in [5, 5.41) is 24.2. The fraction of sp³-hybridized carbons (Fsp3) is 0.0294. The van der Waals surface area contributed by atoms with Crippen LogP contribution in [0.15, 0.2) is 206 Å². The van der Waals surface area contributed by atoms with Gasteiger partial charge in [-0.3, -0.25) is 4.98 Å². The fourth-order valence-electron chi connectivity index (χ4n) is 12.6. The molecule has 8 bridgehead atoms. The summed E-state index contributed by atoms with van der Waals surface area (Å²) in [6, 6.07) is 76.8. The zero-order valence-electron chi connectivity index (χ0n) is 38.8. The van der Waals surface area contributed by atoms with E-state index >= 15 is 0 Å². The Morgan fingerprint density at radius 2 is 0.556 bits per heavy atom. The Hall–Kier alpha value is -9.38. The van der Waals surface area contributed by atoms with E-state index in [4.69, 9.17) is 9.97 Å². The third-order valence-corrected chi connectivity index (χ3v) is 16.2. The summed E-state index contributed by atoms with van der Waals surface area (Å²) in [6.45, 7) is 0. The number of rotatable bonds is 0. The van der Waals surface area contributed by atoms with Crippen LogP contribution >= 0.6 is 0 Å². The van der Waals surface area contributed by atoms with E-state index in [1.54, 1.807) is 0 Å². The Labute approximate surface area is 411 Å². The summed E-state index contributed by atoms with van der Waals surface area (Å²) >= 11 is 0. The average Bonchev–Trinajstić information content (AvgIpc) is 4.12. The first-order chi connectivity index (χ1) is 35.5. The molecule has 2 N–H and O–H groups in total. The first-order valence-corrected chi connectivity index (χ1v) is 25.0. The Morgan fingerprint density at radius 3 is 0.889 bits per heavy atom. The van der Waals surface area contributed by atoms with Crippen molar-refractivity contribution in [1.82, 2.24) is 19.9 Å². The van der Waals surface area contributed by atoms with E-state index in [2.05, 4.69) is 228 Å². The van der Waals surface area contributed by atoms with Gasteiger partial charge in [0.2, 0.25) is 0 Å². The second-order valence-electron chi connectivity index (χ2n) is 20.4. The van der Waals surface area contributed by atoms with Crippen molar-refractivity contribution in [1.29, 1.82) is 0 Å². The van der Waals surface area contributed by atoms with Gasteiger partial charge >= 0.3 is 0 Å². The third-order valence-electron chi connectivity index (χ3n) is 16.2. The van der Waals surface area contributed by atoms with Crippen LogP contribution in [0.25, 0.3) is 154 Å². The smallest absolute Gasteiger partial charge is 0.0737 e. The van der Waals surface area contributed by atoms with Crippen LogP contribution in [-0.4, -0.2) is 19.9 Å². The topological polar surface area (TPSA) is 57.4 Å². The Morgan fingerprint density at radius 1 is 0.264 bits per heavy atom. The van der Waals surface area contributed by atoms with Crippen LogP contribution in [0.5, 0.6) is 0 Å². The molecule has 17 rings (SSSR count). The second kappa shape index (κ2) is 14.1. The van der Waals surface area contributed by atoms with Crippen LogP contribution in [-0.2, 0) is 0 Å². The lowest BCUT2D eigenvalue weighted by Crippen LogP contribution is -2.30. The van der Waals surface area contributed by atoms with E-state index in [9.17, 15) is 0 Å². The Balaban J connectivity index is 1.03. The number of H-pyrrole nitrogens is 2. The summed E-state index contributed by atoms with van der Waals surface area (Å²) in [7, 11) is 0. The molecule has 0 radical (unpaired) electrons. The lowest BCUT2D eigenvalue weighted by molar-refractivity contribution is 0.835. The quantitative estimate of drug-likeness (QED) is 0.149. The van der Waals surface area contributed by atoms with Crippen LogP contribution in [0, 0.1) is 0 Å². The zero-order chi connectivity index (χ0) is 46.8. The molecule has 2 unspecified atom stereocenters. The maximum Gasteiger partial charge on any atom is 0.0737 e. The van der Waals surface area contributed by atoms with Crippen molar-refractivity contribution < 1.29 is 0 Å². The number of hydrogen-bond acceptors (Lipinski definition) is 2. The molecular weight excluding hydrogens is 873 g/mol. The molecule has 11 aromatic carbocycles. The molecule has 14 aromatic rings. The second-order valence-corrected chi connectivity index (χ2v) is 20.4. The van der Waals surface area contributed by atoms with Crippen molar-refractivity contribution in [3.8, 4) is 22.5 Å². The standard InChI is InChI=1S/C68H40N4/c1-2-10-38-18-46-26-54-53(25-45(46)17-37(38)9-1)61-33-63-55-27-47-19-39-11-3-4-12-40(39)20-48(47)28-56(55)65(70-63)35-67-59-31-51-23-43-15-7-8-16-44(43)24-52(51)32-60(59)68(72-67)36-66-58-30-50-22-42-14-6-5-13-41(42)21-49(50)29-57(58)64(71-66)34-62(54)69-61/h1-36,53-54,70-71H. The van der Waals surface area contributed by atoms with Crippen LogP contribution < -0.4 is 10.4 Å². The van der Waals surface area contributed by atoms with E-state index < -0.39 is 0 Å². The van der Waals surface area contributed by atoms with Gasteiger partial charge in [0.15, 0.2) is 0 Å². The zero-order valence-corrected chi connectivity index (χ0v) is 38.8. The minimum atomic E-state index is 0.0300. The van der Waals surface area contributed by atoms with Crippen molar-refractivity contribution in [2.24, 2.45) is 0 Å². The van der Waals surface area contributed by atoms with E-state index in [0.717, 1.165) is 77.5 Å². The highest BCUT2D eigenvalue weighted by Gasteiger charge is 2.31. The van der Waals surface area contributed by atoms with Crippen LogP contribution in [0.1, 0.15) is 23.2 Å². The van der Waals surface area contributed by atoms with Gasteiger partial charge in [-0.05, 0) is 195 Å². The summed E-state index contributed by atoms with van der Waals surface area (Å²) < 4.78 is 0. The molecule has 3 aromatic heterocycles. The number of benzene rings is 11. The van der Waals surface area contributed by atoms with Crippen LogP contribution in [0.4, 0.5) is 0 Å². The van der Waals surface area contributed by atoms with Gasteiger partial charge in [-0.1, -0.05) is 109 Å². The lowest BCUT2D eigenvalue weighted by atomic mass is 9.84. The molecule has 332 valence electrons. The number of hydrogen-bond donors (Lipinski definition) is 2. The maximum atomic E-state index is 5.70. The van der Waals surface area contributed by atoms with Gasteiger partial charge in [0, 0.05) is 66.6 Å². The molecule has 0 fully saturated rings. The van der Waals surface area contributed by atoms with Gasteiger partial charge in [-0.2, -0.15) is 0 Å². The molecule has 2 atom stereocenters. The summed E-state index contributed by atoms with van der Waals surface area (Å²) in [6.07, 6.45) is 4.94. The van der Waals surface area contributed by atoms with E-state index in [1.807, 2.05) is 0 Å². The molecule has 2 aliphatic heterocycles. The molecule has 72 heavy (non-hydrogen) atoms. The number of nitrogens with zero attached hydrogens (tertiary/aromatic N) is 2. The molecule has 4 nitrogen and oxygen atoms in total. The van der Waals surface area contributed by atoms with Gasteiger partial charge in [-0.15, -0.1) is 0 Å². The van der Waals surface area contributed by atoms with Crippen molar-refractivity contribution in [3.63, 3.8) is 0 Å². The molecule has 0 spiro atoms. The lowest BCUT2D eigenvalue weighted by Gasteiger charge is -2.17. The maximum absolute atomic E-state index is 5.70. The highest BCUT2D eigenvalue weighted by molar-refractivity contribution is 6.17. The summed E-state index contributed by atoms with van der Waals surface area (Å²) in [5.41, 5.74) is 10.3. The molecule has 3 aliphatic rings. The van der Waals surface area contributed by atoms with E-state index in [-0.39, 0.29) is 11.8 Å². The molecule has 0 saturated carbocycles. The SMILES string of the molecule is C1=c2cc3ccccc3cc2=CC2c3cc4[nH]c(cc5nc(cc6[nH]c(cc(n3)C12)c1cc2cc3ccccc3cc2cc61)-c1cc2cc3ccccc3cc2cc1-5)c1cc2cc3ccccc3cc2cc41. The molecule has 4 heteroatoms. The third kappa shape index (κ3) is 5.69. The number of nitrogens with one attached hydrogen (secondary N) is 2. The average molecular weight is 913 g/mol. The summed E-state index contributed by atoms with van der Waals surface area (Å²) in [5.74, 6) is 0.0600. The van der Waals surface area contributed by atoms with Gasteiger partial charge in [-0.25, -0.2) is 4.98 Å². The highest BCUT2D eigenvalue weighted by Crippen LogP contribution is 2.45. The first kappa shape index (κ1) is 38.5. The summed E-state index contributed by atoms with van der Waals surface area (Å²) in [4.78, 5) is 19.3.